The van der Waals surface area contributed by atoms with Crippen LogP contribution in [0.1, 0.15) is 49.0 Å². The molecule has 0 atom stereocenters. The highest BCUT2D eigenvalue weighted by molar-refractivity contribution is 7.90. The predicted octanol–water partition coefficient (Wildman–Crippen LogP) is 7.86. The molecule has 1 aromatic heterocycles. The van der Waals surface area contributed by atoms with Gasteiger partial charge in [-0.3, -0.25) is 19.8 Å². The Morgan fingerprint density at radius 2 is 1.76 bits per heavy atom. The molecule has 3 amide bonds. The van der Waals surface area contributed by atoms with Crippen LogP contribution in [-0.4, -0.2) is 99.0 Å². The van der Waals surface area contributed by atoms with Gasteiger partial charge in [-0.2, -0.15) is 0 Å². The maximum absolute atomic E-state index is 13.9. The Labute approximate surface area is 365 Å². The molecular weight excluding hydrogens is 832 g/mol. The van der Waals surface area contributed by atoms with Gasteiger partial charge in [-0.25, -0.2) is 17.9 Å². The van der Waals surface area contributed by atoms with Gasteiger partial charge in [0, 0.05) is 98.8 Å². The summed E-state index contributed by atoms with van der Waals surface area (Å²) < 4.78 is 35.8. The average molecular weight is 881 g/mol. The van der Waals surface area contributed by atoms with Crippen molar-refractivity contribution in [3.8, 4) is 11.5 Å². The van der Waals surface area contributed by atoms with Crippen LogP contribution in [0.15, 0.2) is 102 Å². The van der Waals surface area contributed by atoms with E-state index < -0.39 is 31.4 Å². The van der Waals surface area contributed by atoms with E-state index in [2.05, 4.69) is 56.1 Å². The molecule has 324 valence electrons. The molecule has 3 aliphatic rings. The lowest BCUT2D eigenvalue weighted by atomic mass is 9.72. The molecule has 3 heterocycles. The number of benzene rings is 4. The van der Waals surface area contributed by atoms with E-state index in [1.165, 1.54) is 28.8 Å². The molecule has 2 saturated heterocycles. The van der Waals surface area contributed by atoms with E-state index in [-0.39, 0.29) is 35.0 Å². The Hall–Kier alpha value is -6.10. The van der Waals surface area contributed by atoms with Crippen molar-refractivity contribution in [2.24, 2.45) is 5.41 Å². The van der Waals surface area contributed by atoms with Crippen molar-refractivity contribution in [2.75, 3.05) is 69.1 Å². The summed E-state index contributed by atoms with van der Waals surface area (Å²) in [5.74, 6) is -0.374. The second-order valence-electron chi connectivity index (χ2n) is 16.7. The van der Waals surface area contributed by atoms with E-state index in [1.54, 1.807) is 29.2 Å². The van der Waals surface area contributed by atoms with E-state index in [0.29, 0.717) is 25.4 Å². The number of anilines is 2. The molecule has 0 spiro atoms. The fourth-order valence-corrected chi connectivity index (χ4v) is 9.48. The summed E-state index contributed by atoms with van der Waals surface area (Å²) in [7, 11) is -4.59. The number of aromatic nitrogens is 1. The van der Waals surface area contributed by atoms with Gasteiger partial charge in [-0.05, 0) is 96.5 Å². The number of sulfonamides is 1. The largest absolute Gasteiger partial charge is 0.456 e. The molecule has 4 aromatic carbocycles. The smallest absolute Gasteiger partial charge is 0.317 e. The number of nitro benzene ring substituents is 1. The van der Waals surface area contributed by atoms with Crippen LogP contribution in [0.3, 0.4) is 0 Å². The van der Waals surface area contributed by atoms with Crippen LogP contribution in [0, 0.1) is 15.5 Å². The SMILES string of the molecule is CC1(C)CCC(CN2CCN(c3ccc(C(=O)NS(=O)(=O)c4ccc(NCCN5CCNC5=O)c([N+](=O)[O-])c4)c(Oc4ccc5[nH]ccc5c4)c3)CC2)=C(c2ccc(Cl)cc2)C1. The third-order valence-electron chi connectivity index (χ3n) is 11.8. The molecule has 17 heteroatoms. The Balaban J connectivity index is 0.996. The summed E-state index contributed by atoms with van der Waals surface area (Å²) in [5, 5.41) is 19.3. The van der Waals surface area contributed by atoms with Gasteiger partial charge in [0.1, 0.15) is 17.2 Å². The van der Waals surface area contributed by atoms with Crippen molar-refractivity contribution >= 4 is 67.1 Å². The third kappa shape index (κ3) is 9.67. The zero-order chi connectivity index (χ0) is 43.6. The summed E-state index contributed by atoms with van der Waals surface area (Å²) in [6.07, 6.45) is 4.99. The summed E-state index contributed by atoms with van der Waals surface area (Å²) >= 11 is 6.24. The van der Waals surface area contributed by atoms with Gasteiger partial charge in [0.05, 0.1) is 15.4 Å². The molecule has 4 N–H and O–H groups in total. The number of carbonyl (C=O) groups is 2. The summed E-state index contributed by atoms with van der Waals surface area (Å²) in [6.45, 7) is 10.1. The fourth-order valence-electron chi connectivity index (χ4n) is 8.36. The van der Waals surface area contributed by atoms with Crippen LogP contribution in [-0.2, 0) is 10.0 Å². The lowest BCUT2D eigenvalue weighted by Crippen LogP contribution is -2.47. The Kier molecular flexibility index (Phi) is 12.2. The number of carbonyl (C=O) groups excluding carboxylic acids is 2. The maximum atomic E-state index is 13.9. The number of nitrogens with one attached hydrogen (secondary N) is 4. The highest BCUT2D eigenvalue weighted by Gasteiger charge is 2.31. The van der Waals surface area contributed by atoms with Crippen LogP contribution in [0.2, 0.25) is 5.02 Å². The summed E-state index contributed by atoms with van der Waals surface area (Å²) in [6, 6.07) is 23.7. The predicted molar refractivity (Wildman–Crippen MR) is 241 cm³/mol. The first kappa shape index (κ1) is 42.6. The minimum absolute atomic E-state index is 0.0363. The number of halogens is 1. The molecule has 5 aromatic rings. The molecule has 0 radical (unpaired) electrons. The monoisotopic (exact) mass is 880 g/mol. The van der Waals surface area contributed by atoms with Crippen molar-refractivity contribution in [3.05, 3.63) is 123 Å². The van der Waals surface area contributed by atoms with Gasteiger partial charge in [0.25, 0.3) is 21.6 Å². The summed E-state index contributed by atoms with van der Waals surface area (Å²) in [4.78, 5) is 46.1. The van der Waals surface area contributed by atoms with Crippen LogP contribution in [0.25, 0.3) is 16.5 Å². The number of amides is 3. The summed E-state index contributed by atoms with van der Waals surface area (Å²) in [5.41, 5.74) is 5.57. The van der Waals surface area contributed by atoms with Crippen molar-refractivity contribution in [2.45, 2.75) is 38.0 Å². The molecule has 62 heavy (non-hydrogen) atoms. The van der Waals surface area contributed by atoms with Gasteiger partial charge in [-0.1, -0.05) is 43.2 Å². The van der Waals surface area contributed by atoms with E-state index in [4.69, 9.17) is 16.3 Å². The number of nitro groups is 1. The van der Waals surface area contributed by atoms with E-state index in [0.717, 1.165) is 79.7 Å². The van der Waals surface area contributed by atoms with Gasteiger partial charge in [-0.15, -0.1) is 0 Å². The van der Waals surface area contributed by atoms with Gasteiger partial charge < -0.3 is 30.2 Å². The highest BCUT2D eigenvalue weighted by Crippen LogP contribution is 2.43. The molecular formula is C45H49ClN8O7S. The van der Waals surface area contributed by atoms with Gasteiger partial charge >= 0.3 is 6.03 Å². The van der Waals surface area contributed by atoms with E-state index >= 15 is 0 Å². The zero-order valence-electron chi connectivity index (χ0n) is 34.6. The molecule has 8 rings (SSSR count). The van der Waals surface area contributed by atoms with Crippen LogP contribution in [0.4, 0.5) is 21.9 Å². The lowest BCUT2D eigenvalue weighted by molar-refractivity contribution is -0.384. The number of piperazine rings is 1. The lowest BCUT2D eigenvalue weighted by Gasteiger charge is -2.39. The van der Waals surface area contributed by atoms with Gasteiger partial charge in [0.15, 0.2) is 0 Å². The molecule has 0 saturated carbocycles. The second-order valence-corrected chi connectivity index (χ2v) is 18.8. The standard InChI is InChI=1S/C45H49ClN8O7S/c1-45(2)15-13-32(38(28-45)30-3-5-33(46)6-4-30)29-51-21-23-52(24-22-51)34-7-10-37(42(26-34)61-35-8-11-39-31(25-35)14-16-47-39)43(55)50-62(59,60)36-9-12-40(41(27-36)54(57)58)48-17-19-53-20-18-49-44(53)56/h3-12,14,16,25-27,47-48H,13,15,17-24,28-29H2,1-2H3,(H,49,56)(H,50,55). The number of aromatic amines is 1. The van der Waals surface area contributed by atoms with Crippen molar-refractivity contribution in [3.63, 3.8) is 0 Å². The quantitative estimate of drug-likeness (QED) is 0.0633. The first-order valence-corrected chi connectivity index (χ1v) is 22.5. The number of rotatable bonds is 14. The fraction of sp³-hybridized carbons (Fsp3) is 0.333. The van der Waals surface area contributed by atoms with E-state index in [9.17, 15) is 28.1 Å². The number of fused-ring (bicyclic) bond motifs is 1. The van der Waals surface area contributed by atoms with E-state index in [1.807, 2.05) is 36.5 Å². The number of H-pyrrole nitrogens is 1. The highest BCUT2D eigenvalue weighted by atomic mass is 35.5. The average Bonchev–Trinajstić information content (AvgIpc) is 3.89. The number of urea groups is 1. The maximum Gasteiger partial charge on any atom is 0.317 e. The first-order valence-electron chi connectivity index (χ1n) is 20.7. The number of hydrogen-bond donors (Lipinski definition) is 4. The van der Waals surface area contributed by atoms with Gasteiger partial charge in [0.2, 0.25) is 0 Å². The van der Waals surface area contributed by atoms with Crippen LogP contribution < -0.4 is 25.0 Å². The molecule has 2 fully saturated rings. The zero-order valence-corrected chi connectivity index (χ0v) is 36.2. The Bertz CT molecular complexity index is 2660. The minimum atomic E-state index is -4.59. The normalized spacial score (nSPS) is 17.0. The van der Waals surface area contributed by atoms with Crippen molar-refractivity contribution in [1.29, 1.82) is 0 Å². The molecule has 0 unspecified atom stereocenters. The number of hydrogen-bond acceptors (Lipinski definition) is 10. The molecule has 1 aliphatic carbocycles. The Morgan fingerprint density at radius 3 is 2.50 bits per heavy atom. The minimum Gasteiger partial charge on any atom is -0.456 e. The van der Waals surface area contributed by atoms with Crippen LogP contribution in [0.5, 0.6) is 11.5 Å². The topological polar surface area (TPSA) is 182 Å². The van der Waals surface area contributed by atoms with Crippen molar-refractivity contribution < 1.29 is 27.7 Å². The molecule has 2 aliphatic heterocycles. The Morgan fingerprint density at radius 1 is 0.968 bits per heavy atom. The number of allylic oxidation sites excluding steroid dienone is 1. The first-order chi connectivity index (χ1) is 29.7. The second kappa shape index (κ2) is 17.7. The number of nitrogens with zero attached hydrogens (tertiary/aromatic N) is 4. The van der Waals surface area contributed by atoms with Crippen LogP contribution >= 0.6 is 11.6 Å². The van der Waals surface area contributed by atoms with Crippen molar-refractivity contribution in [1.82, 2.24) is 24.8 Å². The molecule has 0 bridgehead atoms. The molecule has 15 nitrogen and oxygen atoms in total. The third-order valence-corrected chi connectivity index (χ3v) is 13.4. The number of ether oxygens (including phenoxy) is 1.